The number of nitrogens with one attached hydrogen (secondary N) is 1. The quantitative estimate of drug-likeness (QED) is 0.735. The van der Waals surface area contributed by atoms with Gasteiger partial charge in [-0.2, -0.15) is 11.8 Å². The second-order valence-corrected chi connectivity index (χ2v) is 6.03. The number of carboxylic acid groups (broad SMARTS) is 1. The summed E-state index contributed by atoms with van der Waals surface area (Å²) in [5, 5.41) is 12.8. The van der Waals surface area contributed by atoms with E-state index in [1.165, 1.54) is 12.8 Å². The first-order valence-corrected chi connectivity index (χ1v) is 6.75. The molecule has 0 spiro atoms. The van der Waals surface area contributed by atoms with Crippen LogP contribution < -0.4 is 5.32 Å². The predicted molar refractivity (Wildman–Crippen MR) is 64.4 cm³/mol. The zero-order chi connectivity index (χ0) is 11.3. The van der Waals surface area contributed by atoms with Gasteiger partial charge in [0.15, 0.2) is 0 Å². The van der Waals surface area contributed by atoms with Crippen molar-refractivity contribution in [2.45, 2.75) is 56.9 Å². The molecule has 0 aromatic heterocycles. The van der Waals surface area contributed by atoms with Gasteiger partial charge in [-0.15, -0.1) is 0 Å². The summed E-state index contributed by atoms with van der Waals surface area (Å²) in [6, 6.07) is 0.0550. The fourth-order valence-electron chi connectivity index (χ4n) is 1.86. The summed E-state index contributed by atoms with van der Waals surface area (Å²) < 4.78 is 0. The Hall–Kier alpha value is -0.220. The molecule has 0 aromatic carbocycles. The second-order valence-electron chi connectivity index (χ2n) is 4.42. The van der Waals surface area contributed by atoms with E-state index in [1.54, 1.807) is 11.8 Å². The molecule has 1 saturated carbocycles. The number of carbonyl (C=O) groups is 1. The Labute approximate surface area is 96.0 Å². The highest BCUT2D eigenvalue weighted by atomic mass is 32.2. The number of carboxylic acids is 1. The van der Waals surface area contributed by atoms with Gasteiger partial charge in [-0.3, -0.25) is 4.79 Å². The van der Waals surface area contributed by atoms with Crippen molar-refractivity contribution in [2.24, 2.45) is 0 Å². The van der Waals surface area contributed by atoms with Gasteiger partial charge in [-0.1, -0.05) is 26.7 Å². The van der Waals surface area contributed by atoms with Crippen molar-refractivity contribution in [1.82, 2.24) is 5.32 Å². The van der Waals surface area contributed by atoms with Gasteiger partial charge in [0.1, 0.15) is 6.04 Å². The van der Waals surface area contributed by atoms with Crippen LogP contribution in [0.15, 0.2) is 0 Å². The van der Waals surface area contributed by atoms with E-state index in [-0.39, 0.29) is 6.04 Å². The molecular weight excluding hydrogens is 210 g/mol. The normalized spacial score (nSPS) is 19.7. The monoisotopic (exact) mass is 231 g/mol. The summed E-state index contributed by atoms with van der Waals surface area (Å²) in [5.41, 5.74) is 0. The number of thioether (sulfide) groups is 1. The summed E-state index contributed by atoms with van der Waals surface area (Å²) in [7, 11) is 0. The number of aliphatic carboxylic acids is 1. The Morgan fingerprint density at radius 3 is 2.53 bits per heavy atom. The molecule has 0 unspecified atom stereocenters. The van der Waals surface area contributed by atoms with Gasteiger partial charge < -0.3 is 10.4 Å². The molecule has 4 heteroatoms. The zero-order valence-electron chi connectivity index (χ0n) is 9.53. The average molecular weight is 231 g/mol. The van der Waals surface area contributed by atoms with Crippen LogP contribution in [-0.2, 0) is 4.79 Å². The molecule has 88 valence electrons. The van der Waals surface area contributed by atoms with Crippen LogP contribution in [0, 0.1) is 0 Å². The predicted octanol–water partition coefficient (Wildman–Crippen LogP) is 2.11. The van der Waals surface area contributed by atoms with Crippen molar-refractivity contribution in [3.8, 4) is 0 Å². The van der Waals surface area contributed by atoms with Crippen LogP contribution in [0.3, 0.4) is 0 Å². The van der Waals surface area contributed by atoms with Crippen molar-refractivity contribution in [1.29, 1.82) is 0 Å². The van der Waals surface area contributed by atoms with Gasteiger partial charge in [0.2, 0.25) is 0 Å². The molecule has 1 aliphatic rings. The molecule has 0 saturated heterocycles. The number of hydrogen-bond donors (Lipinski definition) is 2. The van der Waals surface area contributed by atoms with Gasteiger partial charge in [0.25, 0.3) is 0 Å². The van der Waals surface area contributed by atoms with Crippen molar-refractivity contribution in [3.05, 3.63) is 0 Å². The first kappa shape index (κ1) is 12.8. The van der Waals surface area contributed by atoms with Gasteiger partial charge in [-0.25, -0.2) is 0 Å². The fraction of sp³-hybridized carbons (Fsp3) is 0.909. The van der Waals surface area contributed by atoms with Crippen LogP contribution in [-0.4, -0.2) is 34.2 Å². The third-order valence-corrected chi connectivity index (χ3v) is 3.88. The molecule has 0 radical (unpaired) electrons. The van der Waals surface area contributed by atoms with E-state index in [0.29, 0.717) is 17.0 Å². The maximum atomic E-state index is 11.0. The molecule has 1 aliphatic carbocycles. The minimum absolute atomic E-state index is 0.375. The summed E-state index contributed by atoms with van der Waals surface area (Å²) in [6.07, 6.45) is 4.74. The molecule has 0 aromatic rings. The smallest absolute Gasteiger partial charge is 0.321 e. The van der Waals surface area contributed by atoms with Crippen LogP contribution in [0.25, 0.3) is 0 Å². The number of rotatable bonds is 6. The molecular formula is C11H21NO2S. The summed E-state index contributed by atoms with van der Waals surface area (Å²) >= 11 is 1.71. The third kappa shape index (κ3) is 4.89. The lowest BCUT2D eigenvalue weighted by atomic mass is 10.2. The van der Waals surface area contributed by atoms with E-state index in [2.05, 4.69) is 19.2 Å². The molecule has 0 heterocycles. The third-order valence-electron chi connectivity index (χ3n) is 2.69. The topological polar surface area (TPSA) is 49.3 Å². The summed E-state index contributed by atoms with van der Waals surface area (Å²) in [6.45, 7) is 4.19. The Bertz CT molecular complexity index is 203. The maximum Gasteiger partial charge on any atom is 0.321 e. The van der Waals surface area contributed by atoms with Crippen LogP contribution >= 0.6 is 11.8 Å². The van der Waals surface area contributed by atoms with Crippen molar-refractivity contribution < 1.29 is 9.90 Å². The van der Waals surface area contributed by atoms with Gasteiger partial charge in [-0.05, 0) is 18.1 Å². The van der Waals surface area contributed by atoms with E-state index in [9.17, 15) is 4.79 Å². The lowest BCUT2D eigenvalue weighted by molar-refractivity contribution is -0.139. The van der Waals surface area contributed by atoms with Crippen molar-refractivity contribution in [3.63, 3.8) is 0 Å². The van der Waals surface area contributed by atoms with E-state index >= 15 is 0 Å². The lowest BCUT2D eigenvalue weighted by Gasteiger charge is -2.19. The van der Waals surface area contributed by atoms with Gasteiger partial charge in [0.05, 0.1) is 0 Å². The maximum absolute atomic E-state index is 11.0. The van der Waals surface area contributed by atoms with Crippen molar-refractivity contribution in [2.75, 3.05) is 5.75 Å². The molecule has 1 atom stereocenters. The molecule has 0 bridgehead atoms. The van der Waals surface area contributed by atoms with Crippen LogP contribution in [0.1, 0.15) is 39.5 Å². The molecule has 15 heavy (non-hydrogen) atoms. The first-order chi connectivity index (χ1) is 7.09. The van der Waals surface area contributed by atoms with E-state index in [1.807, 2.05) is 0 Å². The average Bonchev–Trinajstić information content (AvgIpc) is 2.63. The fourth-order valence-corrected chi connectivity index (χ4v) is 2.67. The largest absolute Gasteiger partial charge is 0.480 e. The Kier molecular flexibility index (Phi) is 5.47. The molecule has 3 nitrogen and oxygen atoms in total. The Morgan fingerprint density at radius 1 is 1.47 bits per heavy atom. The van der Waals surface area contributed by atoms with Crippen LogP contribution in [0.4, 0.5) is 0 Å². The van der Waals surface area contributed by atoms with Crippen LogP contribution in [0.2, 0.25) is 0 Å². The van der Waals surface area contributed by atoms with E-state index in [0.717, 1.165) is 12.8 Å². The molecule has 1 rings (SSSR count). The molecule has 0 aliphatic heterocycles. The van der Waals surface area contributed by atoms with Crippen molar-refractivity contribution >= 4 is 17.7 Å². The first-order valence-electron chi connectivity index (χ1n) is 5.70. The summed E-state index contributed by atoms with van der Waals surface area (Å²) in [5.74, 6) is -0.0428. The standard InChI is InChI=1S/C11H21NO2S/c1-8(2)15-7-10(11(13)14)12-9-5-3-4-6-9/h8-10,12H,3-7H2,1-2H3,(H,13,14)/t10-/m0/s1. The lowest BCUT2D eigenvalue weighted by Crippen LogP contribution is -2.44. The van der Waals surface area contributed by atoms with E-state index in [4.69, 9.17) is 5.11 Å². The van der Waals surface area contributed by atoms with Gasteiger partial charge >= 0.3 is 5.97 Å². The minimum atomic E-state index is -0.713. The number of hydrogen-bond acceptors (Lipinski definition) is 3. The Balaban J connectivity index is 2.32. The molecule has 2 N–H and O–H groups in total. The highest BCUT2D eigenvalue weighted by Crippen LogP contribution is 2.19. The highest BCUT2D eigenvalue weighted by molar-refractivity contribution is 7.99. The minimum Gasteiger partial charge on any atom is -0.480 e. The van der Waals surface area contributed by atoms with E-state index < -0.39 is 5.97 Å². The summed E-state index contributed by atoms with van der Waals surface area (Å²) in [4.78, 5) is 11.0. The second kappa shape index (κ2) is 6.38. The Morgan fingerprint density at radius 2 is 2.07 bits per heavy atom. The highest BCUT2D eigenvalue weighted by Gasteiger charge is 2.23. The zero-order valence-corrected chi connectivity index (χ0v) is 10.3. The van der Waals surface area contributed by atoms with Gasteiger partial charge in [0, 0.05) is 11.8 Å². The van der Waals surface area contributed by atoms with Crippen LogP contribution in [0.5, 0.6) is 0 Å². The SMILES string of the molecule is CC(C)SC[C@H](NC1CCCC1)C(=O)O. The molecule has 1 fully saturated rings. The molecule has 0 amide bonds.